The first-order valence-electron chi connectivity index (χ1n) is 10.8. The van der Waals surface area contributed by atoms with Crippen molar-refractivity contribution in [3.8, 4) is 23.4 Å². The fourth-order valence-electron chi connectivity index (χ4n) is 3.91. The largest absolute Gasteiger partial charge is 0.324 e. The first kappa shape index (κ1) is 22.0. The topological polar surface area (TPSA) is 124 Å². The summed E-state index contributed by atoms with van der Waals surface area (Å²) in [6, 6.07) is 13.8. The number of hydrogen-bond acceptors (Lipinski definition) is 7. The van der Waals surface area contributed by atoms with Gasteiger partial charge in [0.1, 0.15) is 0 Å². The third-order valence-corrected chi connectivity index (χ3v) is 5.81. The number of carbonyl (C=O) groups is 1. The average molecular weight is 441 g/mol. The number of nitrogens with zero attached hydrogens (tertiary/aromatic N) is 7. The van der Waals surface area contributed by atoms with E-state index in [1.54, 1.807) is 28.0 Å². The van der Waals surface area contributed by atoms with Gasteiger partial charge in [-0.3, -0.25) is 9.48 Å². The lowest BCUT2D eigenvalue weighted by atomic mass is 9.93. The van der Waals surface area contributed by atoms with Crippen LogP contribution in [0.25, 0.3) is 11.3 Å². The van der Waals surface area contributed by atoms with Crippen molar-refractivity contribution in [2.75, 3.05) is 16.8 Å². The molecule has 0 spiro atoms. The molecule has 1 N–H and O–H groups in total. The number of amides is 1. The van der Waals surface area contributed by atoms with Crippen molar-refractivity contribution in [3.63, 3.8) is 0 Å². The van der Waals surface area contributed by atoms with Gasteiger partial charge in [-0.15, -0.1) is 0 Å². The maximum Gasteiger partial charge on any atom is 0.227 e. The van der Waals surface area contributed by atoms with Crippen LogP contribution in [0.4, 0.5) is 17.3 Å². The lowest BCUT2D eigenvalue weighted by Gasteiger charge is -2.26. The van der Waals surface area contributed by atoms with Crippen molar-refractivity contribution >= 4 is 23.2 Å². The van der Waals surface area contributed by atoms with Crippen molar-refractivity contribution in [2.45, 2.75) is 44.6 Å². The van der Waals surface area contributed by atoms with Crippen LogP contribution in [0.15, 0.2) is 48.9 Å². The summed E-state index contributed by atoms with van der Waals surface area (Å²) in [6.45, 7) is 2.66. The van der Waals surface area contributed by atoms with Crippen molar-refractivity contribution < 1.29 is 4.79 Å². The molecule has 0 aliphatic carbocycles. The van der Waals surface area contributed by atoms with Crippen LogP contribution < -0.4 is 10.2 Å². The van der Waals surface area contributed by atoms with Crippen LogP contribution in [-0.4, -0.2) is 32.2 Å². The number of benzene rings is 1. The molecule has 1 aliphatic heterocycles. The summed E-state index contributed by atoms with van der Waals surface area (Å²) in [4.78, 5) is 22.8. The molecule has 33 heavy (non-hydrogen) atoms. The van der Waals surface area contributed by atoms with Crippen molar-refractivity contribution in [1.29, 1.82) is 10.5 Å². The van der Waals surface area contributed by atoms with E-state index >= 15 is 0 Å². The molecule has 0 bridgehead atoms. The molecule has 1 amide bonds. The second-order valence-electron chi connectivity index (χ2n) is 8.25. The number of aromatic nitrogens is 4. The van der Waals surface area contributed by atoms with Gasteiger partial charge in [0.25, 0.3) is 0 Å². The molecule has 0 saturated carbocycles. The Morgan fingerprint density at radius 2 is 2.12 bits per heavy atom. The molecule has 1 aromatic carbocycles. The monoisotopic (exact) mass is 440 g/mol. The van der Waals surface area contributed by atoms with Gasteiger partial charge in [-0.1, -0.05) is 6.07 Å². The highest BCUT2D eigenvalue weighted by molar-refractivity contribution is 5.95. The molecule has 1 unspecified atom stereocenters. The first-order chi connectivity index (χ1) is 16.0. The predicted octanol–water partition coefficient (Wildman–Crippen LogP) is 4.14. The molecule has 9 heteroatoms. The zero-order valence-electron chi connectivity index (χ0n) is 18.4. The molecular weight excluding hydrogens is 416 g/mol. The van der Waals surface area contributed by atoms with Gasteiger partial charge in [-0.2, -0.15) is 15.6 Å². The van der Waals surface area contributed by atoms with Gasteiger partial charge in [-0.25, -0.2) is 9.97 Å². The fourth-order valence-corrected chi connectivity index (χ4v) is 3.91. The number of nitrogens with one attached hydrogen (secondary N) is 1. The van der Waals surface area contributed by atoms with Crippen LogP contribution in [0, 0.1) is 22.7 Å². The van der Waals surface area contributed by atoms with Crippen LogP contribution in [0.2, 0.25) is 0 Å². The maximum atomic E-state index is 12.1. The number of anilines is 3. The lowest BCUT2D eigenvalue weighted by Crippen LogP contribution is -2.30. The molecule has 0 radical (unpaired) electrons. The summed E-state index contributed by atoms with van der Waals surface area (Å²) in [5, 5.41) is 25.9. The third kappa shape index (κ3) is 4.83. The van der Waals surface area contributed by atoms with Gasteiger partial charge in [0.05, 0.1) is 36.0 Å². The van der Waals surface area contributed by atoms with Crippen LogP contribution in [0.1, 0.15) is 39.0 Å². The Hall–Kier alpha value is -4.24. The molecule has 1 aliphatic rings. The van der Waals surface area contributed by atoms with E-state index in [0.717, 1.165) is 29.9 Å². The minimum atomic E-state index is -0.565. The molecular formula is C24H24N8O. The smallest absolute Gasteiger partial charge is 0.227 e. The Morgan fingerprint density at radius 1 is 1.24 bits per heavy atom. The van der Waals surface area contributed by atoms with E-state index in [9.17, 15) is 10.1 Å². The minimum absolute atomic E-state index is 0.139. The predicted molar refractivity (Wildman–Crippen MR) is 123 cm³/mol. The summed E-state index contributed by atoms with van der Waals surface area (Å²) < 4.78 is 1.74. The van der Waals surface area contributed by atoms with Crippen LogP contribution in [-0.2, 0) is 10.3 Å². The van der Waals surface area contributed by atoms with Gasteiger partial charge in [-0.05, 0) is 44.0 Å². The van der Waals surface area contributed by atoms with Gasteiger partial charge >= 0.3 is 0 Å². The molecule has 2 aromatic heterocycles. The van der Waals surface area contributed by atoms with Gasteiger partial charge < -0.3 is 10.2 Å². The second-order valence-corrected chi connectivity index (χ2v) is 8.25. The average Bonchev–Trinajstić information content (AvgIpc) is 3.48. The minimum Gasteiger partial charge on any atom is -0.324 e. The zero-order chi connectivity index (χ0) is 23.3. The van der Waals surface area contributed by atoms with Crippen molar-refractivity contribution in [1.82, 2.24) is 19.7 Å². The Kier molecular flexibility index (Phi) is 6.32. The van der Waals surface area contributed by atoms with E-state index in [2.05, 4.69) is 32.5 Å². The number of carbonyl (C=O) groups excluding carboxylic acids is 1. The summed E-state index contributed by atoms with van der Waals surface area (Å²) in [7, 11) is 0. The Balaban J connectivity index is 1.54. The second kappa shape index (κ2) is 9.49. The Morgan fingerprint density at radius 3 is 2.88 bits per heavy atom. The van der Waals surface area contributed by atoms with E-state index in [4.69, 9.17) is 5.26 Å². The summed E-state index contributed by atoms with van der Waals surface area (Å²) in [6.07, 6.45) is 7.80. The quantitative estimate of drug-likeness (QED) is 0.558. The van der Waals surface area contributed by atoms with Crippen LogP contribution in [0.5, 0.6) is 0 Å². The standard InChI is InChI=1S/C24H24N8O/c1-24(10-12-26,9-4-11-25)32-17-18(16-28-32)21-8-13-27-23(30-21)29-19-5-2-6-20(15-19)31-14-3-7-22(31)33/h2,5-6,8,13,15-17H,3-4,7,9-10,14H2,1H3,(H,27,29,30). The summed E-state index contributed by atoms with van der Waals surface area (Å²) >= 11 is 0. The van der Waals surface area contributed by atoms with E-state index in [-0.39, 0.29) is 12.3 Å². The molecule has 9 nitrogen and oxygen atoms in total. The summed E-state index contributed by atoms with van der Waals surface area (Å²) in [5.41, 5.74) is 2.55. The van der Waals surface area contributed by atoms with Crippen LogP contribution in [0.3, 0.4) is 0 Å². The van der Waals surface area contributed by atoms with E-state index in [0.29, 0.717) is 30.9 Å². The SMILES string of the molecule is CC(CC#N)(CCC#N)n1cc(-c2ccnc(Nc3cccc(N4CCCC4=O)c3)n2)cn1. The molecule has 166 valence electrons. The number of rotatable bonds is 8. The molecule has 1 saturated heterocycles. The zero-order valence-corrected chi connectivity index (χ0v) is 18.4. The lowest BCUT2D eigenvalue weighted by molar-refractivity contribution is -0.117. The molecule has 1 fully saturated rings. The van der Waals surface area contributed by atoms with E-state index < -0.39 is 5.54 Å². The van der Waals surface area contributed by atoms with E-state index in [1.807, 2.05) is 37.4 Å². The third-order valence-electron chi connectivity index (χ3n) is 5.81. The maximum absolute atomic E-state index is 12.1. The molecule has 4 rings (SSSR count). The fraction of sp³-hybridized carbons (Fsp3) is 0.333. The molecule has 1 atom stereocenters. The van der Waals surface area contributed by atoms with Gasteiger partial charge in [0, 0.05) is 48.7 Å². The number of nitriles is 2. The van der Waals surface area contributed by atoms with Gasteiger partial charge in [0.2, 0.25) is 11.9 Å². The first-order valence-corrected chi connectivity index (χ1v) is 10.8. The molecule has 3 aromatic rings. The highest BCUT2D eigenvalue weighted by atomic mass is 16.2. The van der Waals surface area contributed by atoms with Crippen molar-refractivity contribution in [2.24, 2.45) is 0 Å². The van der Waals surface area contributed by atoms with Crippen molar-refractivity contribution in [3.05, 3.63) is 48.9 Å². The normalized spacial score (nSPS) is 15.0. The number of hydrogen-bond donors (Lipinski definition) is 1. The highest BCUT2D eigenvalue weighted by Crippen LogP contribution is 2.29. The van der Waals surface area contributed by atoms with Gasteiger partial charge in [0.15, 0.2) is 0 Å². The Bertz CT molecular complexity index is 1240. The van der Waals surface area contributed by atoms with E-state index in [1.165, 1.54) is 0 Å². The van der Waals surface area contributed by atoms with Crippen LogP contribution >= 0.6 is 0 Å². The Labute approximate surface area is 192 Å². The summed E-state index contributed by atoms with van der Waals surface area (Å²) in [5.74, 6) is 0.565. The highest BCUT2D eigenvalue weighted by Gasteiger charge is 2.27. The molecule has 3 heterocycles.